The standard InChI is InChI=1S/C25H33N3O5S/c1-18-15-21(5-6-23(18)22-4-2-3-19(16-22)17-26)20-7-11-28(12-8-20)34(31,32)25(24(29)27-30)9-13-33-14-10-25/h2-6,15-16,20,30H,7-14,17,26H2,1H3,(H,27,29). The number of sulfonamides is 1. The van der Waals surface area contributed by atoms with Crippen LogP contribution in [-0.2, 0) is 26.1 Å². The van der Waals surface area contributed by atoms with Crippen molar-refractivity contribution in [1.29, 1.82) is 0 Å². The van der Waals surface area contributed by atoms with Crippen molar-refractivity contribution in [3.63, 3.8) is 0 Å². The van der Waals surface area contributed by atoms with Crippen LogP contribution in [0.1, 0.15) is 48.3 Å². The minimum absolute atomic E-state index is 0.0354. The van der Waals surface area contributed by atoms with Crippen LogP contribution in [0.3, 0.4) is 0 Å². The first-order valence-corrected chi connectivity index (χ1v) is 13.2. The van der Waals surface area contributed by atoms with Crippen molar-refractivity contribution in [2.24, 2.45) is 5.73 Å². The molecule has 4 rings (SSSR count). The Hall–Kier alpha value is -2.30. The number of piperidine rings is 1. The van der Waals surface area contributed by atoms with E-state index in [1.54, 1.807) is 5.48 Å². The lowest BCUT2D eigenvalue weighted by atomic mass is 9.87. The average molecular weight is 488 g/mol. The fourth-order valence-electron chi connectivity index (χ4n) is 5.21. The van der Waals surface area contributed by atoms with E-state index >= 15 is 0 Å². The smallest absolute Gasteiger partial charge is 0.266 e. The molecule has 2 aromatic rings. The quantitative estimate of drug-likeness (QED) is 0.425. The Labute approximate surface area is 201 Å². The fourth-order valence-corrected chi connectivity index (χ4v) is 7.36. The topological polar surface area (TPSA) is 122 Å². The lowest BCUT2D eigenvalue weighted by Gasteiger charge is -2.40. The van der Waals surface area contributed by atoms with Gasteiger partial charge in [0.05, 0.1) is 0 Å². The second-order valence-corrected chi connectivity index (χ2v) is 11.5. The summed E-state index contributed by atoms with van der Waals surface area (Å²) in [5, 5.41) is 9.24. The van der Waals surface area contributed by atoms with Crippen molar-refractivity contribution in [1.82, 2.24) is 9.79 Å². The van der Waals surface area contributed by atoms with Gasteiger partial charge in [0.25, 0.3) is 5.91 Å². The van der Waals surface area contributed by atoms with Gasteiger partial charge in [-0.3, -0.25) is 10.0 Å². The number of carbonyl (C=O) groups is 1. The molecular weight excluding hydrogens is 454 g/mol. The summed E-state index contributed by atoms with van der Waals surface area (Å²) in [4.78, 5) is 12.5. The molecule has 0 bridgehead atoms. The van der Waals surface area contributed by atoms with Gasteiger partial charge in [-0.1, -0.05) is 36.4 Å². The number of carbonyl (C=O) groups excluding carboxylic acids is 1. The van der Waals surface area contributed by atoms with Crippen LogP contribution in [0.4, 0.5) is 0 Å². The van der Waals surface area contributed by atoms with Crippen LogP contribution in [-0.4, -0.2) is 54.9 Å². The van der Waals surface area contributed by atoms with Crippen molar-refractivity contribution in [2.75, 3.05) is 26.3 Å². The van der Waals surface area contributed by atoms with Gasteiger partial charge in [-0.25, -0.2) is 18.2 Å². The Kier molecular flexibility index (Phi) is 7.39. The van der Waals surface area contributed by atoms with Crippen LogP contribution in [0.5, 0.6) is 0 Å². The highest BCUT2D eigenvalue weighted by Gasteiger charge is 2.54. The number of benzene rings is 2. The highest BCUT2D eigenvalue weighted by Crippen LogP contribution is 2.37. The maximum absolute atomic E-state index is 13.5. The van der Waals surface area contributed by atoms with Crippen molar-refractivity contribution in [3.8, 4) is 11.1 Å². The molecule has 0 aliphatic carbocycles. The number of rotatable bonds is 6. The molecule has 0 aromatic heterocycles. The minimum atomic E-state index is -3.95. The first-order valence-electron chi connectivity index (χ1n) is 11.7. The van der Waals surface area contributed by atoms with Gasteiger partial charge in [0.1, 0.15) is 0 Å². The summed E-state index contributed by atoms with van der Waals surface area (Å²) in [7, 11) is -3.95. The maximum Gasteiger partial charge on any atom is 0.266 e. The normalized spacial score (nSPS) is 19.6. The van der Waals surface area contributed by atoms with Crippen LogP contribution in [0, 0.1) is 6.92 Å². The molecule has 9 heteroatoms. The van der Waals surface area contributed by atoms with E-state index in [0.717, 1.165) is 16.7 Å². The number of nitrogens with two attached hydrogens (primary N) is 1. The Bertz CT molecular complexity index is 1140. The van der Waals surface area contributed by atoms with E-state index in [9.17, 15) is 18.4 Å². The van der Waals surface area contributed by atoms with E-state index < -0.39 is 20.7 Å². The summed E-state index contributed by atoms with van der Waals surface area (Å²) < 4.78 is 32.0. The van der Waals surface area contributed by atoms with Crippen molar-refractivity contribution in [2.45, 2.75) is 49.8 Å². The number of aryl methyl sites for hydroxylation is 1. The van der Waals surface area contributed by atoms with Crippen LogP contribution in [0.15, 0.2) is 42.5 Å². The first kappa shape index (κ1) is 24.8. The number of amides is 1. The molecule has 2 aromatic carbocycles. The van der Waals surface area contributed by atoms with E-state index in [1.165, 1.54) is 15.4 Å². The molecule has 2 aliphatic heterocycles. The summed E-state index contributed by atoms with van der Waals surface area (Å²) in [6.45, 7) is 3.61. The predicted octanol–water partition coefficient (Wildman–Crippen LogP) is 2.68. The molecule has 0 saturated carbocycles. The molecule has 0 atom stereocenters. The van der Waals surface area contributed by atoms with Gasteiger partial charge in [-0.15, -0.1) is 0 Å². The zero-order valence-corrected chi connectivity index (χ0v) is 20.3. The van der Waals surface area contributed by atoms with Crippen molar-refractivity contribution < 1.29 is 23.2 Å². The maximum atomic E-state index is 13.5. The Morgan fingerprint density at radius 1 is 1.18 bits per heavy atom. The van der Waals surface area contributed by atoms with Gasteiger partial charge in [0, 0.05) is 45.7 Å². The SMILES string of the molecule is Cc1cc(C2CCN(S(=O)(=O)C3(C(=O)NO)CCOCC3)CC2)ccc1-c1cccc(CN)c1. The molecule has 2 fully saturated rings. The van der Waals surface area contributed by atoms with Crippen molar-refractivity contribution >= 4 is 15.9 Å². The van der Waals surface area contributed by atoms with E-state index in [1.807, 2.05) is 12.1 Å². The van der Waals surface area contributed by atoms with Crippen LogP contribution in [0.25, 0.3) is 11.1 Å². The Morgan fingerprint density at radius 3 is 2.50 bits per heavy atom. The van der Waals surface area contributed by atoms with Crippen LogP contribution in [0.2, 0.25) is 0 Å². The zero-order valence-electron chi connectivity index (χ0n) is 19.5. The Morgan fingerprint density at radius 2 is 1.88 bits per heavy atom. The van der Waals surface area contributed by atoms with Gasteiger partial charge in [-0.2, -0.15) is 0 Å². The van der Waals surface area contributed by atoms with E-state index in [4.69, 9.17) is 10.5 Å². The van der Waals surface area contributed by atoms with E-state index in [2.05, 4.69) is 37.3 Å². The highest BCUT2D eigenvalue weighted by atomic mass is 32.2. The molecule has 2 heterocycles. The second kappa shape index (κ2) is 10.1. The third kappa shape index (κ3) is 4.50. The highest BCUT2D eigenvalue weighted by molar-refractivity contribution is 7.91. The second-order valence-electron chi connectivity index (χ2n) is 9.20. The summed E-state index contributed by atoms with van der Waals surface area (Å²) in [5.74, 6) is -0.630. The lowest BCUT2D eigenvalue weighted by molar-refractivity contribution is -0.134. The molecule has 1 amide bonds. The molecule has 2 aliphatic rings. The summed E-state index contributed by atoms with van der Waals surface area (Å²) in [6, 6.07) is 14.7. The molecule has 34 heavy (non-hydrogen) atoms. The van der Waals surface area contributed by atoms with Gasteiger partial charge in [0.15, 0.2) is 4.75 Å². The number of hydrogen-bond acceptors (Lipinski definition) is 6. The summed E-state index contributed by atoms with van der Waals surface area (Å²) >= 11 is 0. The number of ether oxygens (including phenoxy) is 1. The monoisotopic (exact) mass is 487 g/mol. The van der Waals surface area contributed by atoms with E-state index in [-0.39, 0.29) is 32.0 Å². The average Bonchev–Trinajstić information content (AvgIpc) is 2.88. The Balaban J connectivity index is 1.49. The van der Waals surface area contributed by atoms with Gasteiger partial charge < -0.3 is 10.5 Å². The molecule has 2 saturated heterocycles. The van der Waals surface area contributed by atoms with Crippen LogP contribution >= 0.6 is 0 Å². The molecule has 0 unspecified atom stereocenters. The predicted molar refractivity (Wildman–Crippen MR) is 130 cm³/mol. The number of hydrogen-bond donors (Lipinski definition) is 3. The van der Waals surface area contributed by atoms with Gasteiger partial charge in [0.2, 0.25) is 10.0 Å². The molecule has 0 spiro atoms. The molecule has 184 valence electrons. The van der Waals surface area contributed by atoms with Crippen LogP contribution < -0.4 is 11.2 Å². The molecule has 4 N–H and O–H groups in total. The minimum Gasteiger partial charge on any atom is -0.381 e. The third-order valence-electron chi connectivity index (χ3n) is 7.30. The summed E-state index contributed by atoms with van der Waals surface area (Å²) in [5.41, 5.74) is 13.1. The van der Waals surface area contributed by atoms with E-state index in [0.29, 0.717) is 32.5 Å². The fraction of sp³-hybridized carbons (Fsp3) is 0.480. The van der Waals surface area contributed by atoms with Gasteiger partial charge in [-0.05, 0) is 59.6 Å². The number of nitrogens with zero attached hydrogens (tertiary/aromatic N) is 1. The lowest BCUT2D eigenvalue weighted by Crippen LogP contribution is -2.60. The number of hydroxylamine groups is 1. The molecule has 8 nitrogen and oxygen atoms in total. The summed E-state index contributed by atoms with van der Waals surface area (Å²) in [6.07, 6.45) is 1.42. The number of nitrogens with one attached hydrogen (secondary N) is 1. The van der Waals surface area contributed by atoms with Crippen molar-refractivity contribution in [3.05, 3.63) is 59.2 Å². The van der Waals surface area contributed by atoms with Gasteiger partial charge >= 0.3 is 0 Å². The third-order valence-corrected chi connectivity index (χ3v) is 9.93. The molecule has 0 radical (unpaired) electrons. The zero-order chi connectivity index (χ0) is 24.3. The molecular formula is C25H33N3O5S. The first-order chi connectivity index (χ1) is 16.3. The largest absolute Gasteiger partial charge is 0.381 e.